The van der Waals surface area contributed by atoms with Crippen molar-refractivity contribution in [2.45, 2.75) is 12.8 Å². The molecule has 0 fully saturated rings. The number of benzene rings is 1. The molecule has 0 aliphatic carbocycles. The topological polar surface area (TPSA) is 62.2 Å². The van der Waals surface area contributed by atoms with Crippen LogP contribution in [0.4, 0.5) is 0 Å². The monoisotopic (exact) mass is 244 g/mol. The smallest absolute Gasteiger partial charge is 0.269 e. The van der Waals surface area contributed by atoms with Crippen LogP contribution in [-0.2, 0) is 0 Å². The van der Waals surface area contributed by atoms with E-state index in [0.717, 1.165) is 17.2 Å². The van der Waals surface area contributed by atoms with Gasteiger partial charge in [-0.1, -0.05) is 24.3 Å². The highest BCUT2D eigenvalue weighted by molar-refractivity contribution is 5.96. The van der Waals surface area contributed by atoms with Gasteiger partial charge >= 0.3 is 0 Å². The number of carbonyl (C=O) groups excluding carboxylic acids is 1. The lowest BCUT2D eigenvalue weighted by molar-refractivity contribution is 0.0947. The van der Waals surface area contributed by atoms with Crippen molar-refractivity contribution in [3.05, 3.63) is 42.2 Å². The summed E-state index contributed by atoms with van der Waals surface area (Å²) in [5.74, 6) is -0.168. The Morgan fingerprint density at radius 3 is 2.78 bits per heavy atom. The zero-order valence-electron chi connectivity index (χ0n) is 10.1. The fourth-order valence-electron chi connectivity index (χ4n) is 1.74. The van der Waals surface area contributed by atoms with E-state index >= 15 is 0 Å². The second-order valence-electron chi connectivity index (χ2n) is 4.10. The predicted octanol–water partition coefficient (Wildman–Crippen LogP) is 1.74. The Bertz CT molecular complexity index is 540. The molecular weight excluding hydrogens is 228 g/mol. The lowest BCUT2D eigenvalue weighted by Gasteiger charge is -2.05. The molecule has 0 saturated heterocycles. The Kier molecular flexibility index (Phi) is 4.25. The Balaban J connectivity index is 2.04. The molecule has 1 heterocycles. The molecule has 2 aromatic rings. The van der Waals surface area contributed by atoms with E-state index in [1.165, 1.54) is 0 Å². The third kappa shape index (κ3) is 3.05. The van der Waals surface area contributed by atoms with E-state index in [-0.39, 0.29) is 12.5 Å². The maximum atomic E-state index is 11.8. The largest absolute Gasteiger partial charge is 0.396 e. The molecule has 0 bridgehead atoms. The zero-order chi connectivity index (χ0) is 12.8. The van der Waals surface area contributed by atoms with Crippen LogP contribution in [0.3, 0.4) is 0 Å². The Morgan fingerprint density at radius 2 is 2.00 bits per heavy atom. The molecular formula is C14H16N2O2. The lowest BCUT2D eigenvalue weighted by Crippen LogP contribution is -2.25. The maximum Gasteiger partial charge on any atom is 0.269 e. The summed E-state index contributed by atoms with van der Waals surface area (Å²) in [7, 11) is 0. The van der Waals surface area contributed by atoms with Gasteiger partial charge in [-0.3, -0.25) is 9.78 Å². The van der Waals surface area contributed by atoms with Crippen LogP contribution in [-0.4, -0.2) is 29.1 Å². The summed E-state index contributed by atoms with van der Waals surface area (Å²) in [6, 6.07) is 9.59. The summed E-state index contributed by atoms with van der Waals surface area (Å²) in [6.07, 6.45) is 3.18. The normalized spacial score (nSPS) is 10.5. The van der Waals surface area contributed by atoms with Gasteiger partial charge in [0.15, 0.2) is 0 Å². The summed E-state index contributed by atoms with van der Waals surface area (Å²) in [4.78, 5) is 16.0. The molecule has 0 saturated carbocycles. The minimum absolute atomic E-state index is 0.157. The third-order valence-corrected chi connectivity index (χ3v) is 2.73. The minimum atomic E-state index is -0.168. The number of aromatic nitrogens is 1. The van der Waals surface area contributed by atoms with Crippen molar-refractivity contribution in [1.82, 2.24) is 10.3 Å². The van der Waals surface area contributed by atoms with Gasteiger partial charge in [0.25, 0.3) is 5.91 Å². The highest BCUT2D eigenvalue weighted by Crippen LogP contribution is 2.13. The van der Waals surface area contributed by atoms with E-state index in [9.17, 15) is 4.79 Å². The van der Waals surface area contributed by atoms with Gasteiger partial charge in [0, 0.05) is 24.7 Å². The second-order valence-corrected chi connectivity index (χ2v) is 4.10. The number of pyridine rings is 1. The van der Waals surface area contributed by atoms with Gasteiger partial charge in [0.2, 0.25) is 0 Å². The molecule has 2 N–H and O–H groups in total. The van der Waals surface area contributed by atoms with Crippen molar-refractivity contribution in [3.8, 4) is 0 Å². The quantitative estimate of drug-likeness (QED) is 0.787. The van der Waals surface area contributed by atoms with Crippen LogP contribution in [0.5, 0.6) is 0 Å². The van der Waals surface area contributed by atoms with Crippen LogP contribution < -0.4 is 5.32 Å². The van der Waals surface area contributed by atoms with Gasteiger partial charge in [0.1, 0.15) is 5.69 Å². The lowest BCUT2D eigenvalue weighted by atomic mass is 10.1. The number of carbonyl (C=O) groups is 1. The number of rotatable bonds is 5. The predicted molar refractivity (Wildman–Crippen MR) is 70.4 cm³/mol. The van der Waals surface area contributed by atoms with Crippen LogP contribution in [0, 0.1) is 0 Å². The van der Waals surface area contributed by atoms with E-state index in [4.69, 9.17) is 5.11 Å². The molecule has 4 heteroatoms. The molecule has 0 radical (unpaired) electrons. The van der Waals surface area contributed by atoms with E-state index in [2.05, 4.69) is 10.3 Å². The van der Waals surface area contributed by atoms with Crippen LogP contribution in [0.25, 0.3) is 10.8 Å². The van der Waals surface area contributed by atoms with E-state index in [0.29, 0.717) is 18.7 Å². The number of fused-ring (bicyclic) bond motifs is 1. The molecule has 0 aliphatic heterocycles. The van der Waals surface area contributed by atoms with Crippen molar-refractivity contribution in [2.24, 2.45) is 0 Å². The molecule has 94 valence electrons. The van der Waals surface area contributed by atoms with Crippen LogP contribution >= 0.6 is 0 Å². The number of unbranched alkanes of at least 4 members (excludes halogenated alkanes) is 1. The average molecular weight is 244 g/mol. The zero-order valence-corrected chi connectivity index (χ0v) is 10.1. The molecule has 0 spiro atoms. The first-order valence-electron chi connectivity index (χ1n) is 6.05. The molecule has 1 aromatic heterocycles. The molecule has 18 heavy (non-hydrogen) atoms. The highest BCUT2D eigenvalue weighted by Gasteiger charge is 2.06. The maximum absolute atomic E-state index is 11.8. The van der Waals surface area contributed by atoms with Gasteiger partial charge in [-0.25, -0.2) is 0 Å². The number of nitrogens with one attached hydrogen (secondary N) is 1. The van der Waals surface area contributed by atoms with Crippen LogP contribution in [0.15, 0.2) is 36.5 Å². The van der Waals surface area contributed by atoms with E-state index in [1.54, 1.807) is 12.3 Å². The van der Waals surface area contributed by atoms with Gasteiger partial charge in [-0.05, 0) is 24.3 Å². The fourth-order valence-corrected chi connectivity index (χ4v) is 1.74. The molecule has 1 aromatic carbocycles. The van der Waals surface area contributed by atoms with Gasteiger partial charge < -0.3 is 10.4 Å². The number of aliphatic hydroxyl groups excluding tert-OH is 1. The SMILES string of the molecule is O=C(NCCCCO)c1cc2ccccc2cn1. The van der Waals surface area contributed by atoms with Gasteiger partial charge in [-0.15, -0.1) is 0 Å². The van der Waals surface area contributed by atoms with Crippen LogP contribution in [0.1, 0.15) is 23.3 Å². The molecule has 4 nitrogen and oxygen atoms in total. The Morgan fingerprint density at radius 1 is 1.22 bits per heavy atom. The summed E-state index contributed by atoms with van der Waals surface area (Å²) in [5.41, 5.74) is 0.428. The average Bonchev–Trinajstić information content (AvgIpc) is 2.43. The second kappa shape index (κ2) is 6.12. The fraction of sp³-hybridized carbons (Fsp3) is 0.286. The standard InChI is InChI=1S/C14H16N2O2/c17-8-4-3-7-15-14(18)13-9-11-5-1-2-6-12(11)10-16-13/h1-2,5-6,9-10,17H,3-4,7-8H2,(H,15,18). The summed E-state index contributed by atoms with van der Waals surface area (Å²) < 4.78 is 0. The van der Waals surface area contributed by atoms with E-state index in [1.807, 2.05) is 24.3 Å². The molecule has 0 aliphatic rings. The summed E-state index contributed by atoms with van der Waals surface area (Å²) in [5, 5.41) is 13.5. The molecule has 0 unspecified atom stereocenters. The first kappa shape index (κ1) is 12.5. The number of amides is 1. The van der Waals surface area contributed by atoms with Crippen molar-refractivity contribution in [1.29, 1.82) is 0 Å². The number of aliphatic hydroxyl groups is 1. The van der Waals surface area contributed by atoms with Crippen molar-refractivity contribution < 1.29 is 9.90 Å². The van der Waals surface area contributed by atoms with E-state index < -0.39 is 0 Å². The van der Waals surface area contributed by atoms with Crippen LogP contribution in [0.2, 0.25) is 0 Å². The Hall–Kier alpha value is -1.94. The summed E-state index contributed by atoms with van der Waals surface area (Å²) >= 11 is 0. The minimum Gasteiger partial charge on any atom is -0.396 e. The number of nitrogens with zero attached hydrogens (tertiary/aromatic N) is 1. The number of hydrogen-bond acceptors (Lipinski definition) is 3. The van der Waals surface area contributed by atoms with Crippen molar-refractivity contribution >= 4 is 16.7 Å². The highest BCUT2D eigenvalue weighted by atomic mass is 16.2. The molecule has 1 amide bonds. The van der Waals surface area contributed by atoms with Gasteiger partial charge in [0.05, 0.1) is 0 Å². The number of hydrogen-bond donors (Lipinski definition) is 2. The first-order chi connectivity index (χ1) is 8.81. The third-order valence-electron chi connectivity index (χ3n) is 2.73. The Labute approximate surface area is 106 Å². The molecule has 2 rings (SSSR count). The van der Waals surface area contributed by atoms with Crippen molar-refractivity contribution in [3.63, 3.8) is 0 Å². The first-order valence-corrected chi connectivity index (χ1v) is 6.05. The van der Waals surface area contributed by atoms with Crippen molar-refractivity contribution in [2.75, 3.05) is 13.2 Å². The van der Waals surface area contributed by atoms with Gasteiger partial charge in [-0.2, -0.15) is 0 Å². The molecule has 0 atom stereocenters. The summed E-state index contributed by atoms with van der Waals surface area (Å²) in [6.45, 7) is 0.720.